The molecule has 0 atom stereocenters. The Balaban J connectivity index is 2.34. The van der Waals surface area contributed by atoms with Crippen LogP contribution in [0.5, 0.6) is 11.6 Å². The summed E-state index contributed by atoms with van der Waals surface area (Å²) >= 11 is 0. The van der Waals surface area contributed by atoms with E-state index in [4.69, 9.17) is 15.6 Å². The summed E-state index contributed by atoms with van der Waals surface area (Å²) in [5.41, 5.74) is 8.15. The highest BCUT2D eigenvalue weighted by Crippen LogP contribution is 2.30. The summed E-state index contributed by atoms with van der Waals surface area (Å²) in [6, 6.07) is 7.32. The van der Waals surface area contributed by atoms with E-state index in [0.717, 1.165) is 11.1 Å². The van der Waals surface area contributed by atoms with Gasteiger partial charge in [-0.15, -0.1) is 0 Å². The van der Waals surface area contributed by atoms with Crippen molar-refractivity contribution in [2.75, 3.05) is 5.73 Å². The van der Waals surface area contributed by atoms with Crippen molar-refractivity contribution in [3.05, 3.63) is 47.2 Å². The number of carbonyl (C=O) groups is 1. The van der Waals surface area contributed by atoms with Gasteiger partial charge in [0.1, 0.15) is 5.75 Å². The average Bonchev–Trinajstić information content (AvgIpc) is 2.42. The van der Waals surface area contributed by atoms with Gasteiger partial charge < -0.3 is 15.6 Å². The molecule has 3 N–H and O–H groups in total. The molecule has 0 aliphatic heterocycles. The Labute approximate surface area is 123 Å². The minimum atomic E-state index is -1.07. The zero-order chi connectivity index (χ0) is 15.6. The summed E-state index contributed by atoms with van der Waals surface area (Å²) in [6.07, 6.45) is 1.23. The van der Waals surface area contributed by atoms with Crippen molar-refractivity contribution in [2.24, 2.45) is 0 Å². The van der Waals surface area contributed by atoms with Crippen molar-refractivity contribution in [1.29, 1.82) is 0 Å². The molecular formula is C16H18N2O3. The monoisotopic (exact) mass is 286 g/mol. The molecule has 0 aliphatic rings. The fraction of sp³-hybridized carbons (Fsp3) is 0.250. The van der Waals surface area contributed by atoms with E-state index in [0.29, 0.717) is 11.7 Å². The van der Waals surface area contributed by atoms with Gasteiger partial charge in [-0.05, 0) is 36.1 Å². The van der Waals surface area contributed by atoms with Crippen LogP contribution >= 0.6 is 0 Å². The molecule has 1 aromatic heterocycles. The van der Waals surface area contributed by atoms with Gasteiger partial charge in [-0.2, -0.15) is 0 Å². The van der Waals surface area contributed by atoms with Gasteiger partial charge in [0.05, 0.1) is 11.3 Å². The minimum absolute atomic E-state index is 0.0347. The molecule has 0 amide bonds. The first-order valence-corrected chi connectivity index (χ1v) is 6.65. The van der Waals surface area contributed by atoms with Crippen LogP contribution in [0, 0.1) is 6.92 Å². The minimum Gasteiger partial charge on any atom is -0.478 e. The number of nitrogens with two attached hydrogens (primary N) is 1. The lowest BCUT2D eigenvalue weighted by Crippen LogP contribution is -2.02. The van der Waals surface area contributed by atoms with Gasteiger partial charge in [0.15, 0.2) is 0 Å². The lowest BCUT2D eigenvalue weighted by Gasteiger charge is -2.13. The standard InChI is InChI=1S/C16H18N2O3/c1-9(2)11-5-4-10(3)14(7-11)21-15-13(17)6-12(8-18-15)16(19)20/h4-9H,17H2,1-3H3,(H,19,20). The van der Waals surface area contributed by atoms with E-state index >= 15 is 0 Å². The Morgan fingerprint density at radius 3 is 2.62 bits per heavy atom. The number of aryl methyl sites for hydroxylation is 1. The second kappa shape index (κ2) is 5.83. The number of nitrogens with zero attached hydrogens (tertiary/aromatic N) is 1. The number of pyridine rings is 1. The fourth-order valence-corrected chi connectivity index (χ4v) is 1.86. The maximum atomic E-state index is 10.9. The molecule has 0 saturated carbocycles. The molecule has 0 fully saturated rings. The molecule has 0 radical (unpaired) electrons. The smallest absolute Gasteiger partial charge is 0.337 e. The van der Waals surface area contributed by atoms with Gasteiger partial charge in [0.25, 0.3) is 0 Å². The Bertz CT molecular complexity index is 681. The van der Waals surface area contributed by atoms with E-state index in [2.05, 4.69) is 24.9 Å². The van der Waals surface area contributed by atoms with Gasteiger partial charge in [-0.25, -0.2) is 9.78 Å². The Morgan fingerprint density at radius 2 is 2.05 bits per heavy atom. The zero-order valence-corrected chi connectivity index (χ0v) is 12.3. The van der Waals surface area contributed by atoms with Crippen molar-refractivity contribution in [3.8, 4) is 11.6 Å². The molecule has 2 aromatic rings. The first kappa shape index (κ1) is 14.8. The third-order valence-corrected chi connectivity index (χ3v) is 3.21. The largest absolute Gasteiger partial charge is 0.478 e. The third kappa shape index (κ3) is 3.31. The molecule has 5 heteroatoms. The molecule has 21 heavy (non-hydrogen) atoms. The zero-order valence-electron chi connectivity index (χ0n) is 12.3. The van der Waals surface area contributed by atoms with Crippen LogP contribution in [0.25, 0.3) is 0 Å². The molecule has 5 nitrogen and oxygen atoms in total. The molecule has 1 heterocycles. The van der Waals surface area contributed by atoms with Crippen LogP contribution in [0.2, 0.25) is 0 Å². The fourth-order valence-electron chi connectivity index (χ4n) is 1.86. The molecule has 0 unspecified atom stereocenters. The van der Waals surface area contributed by atoms with Crippen molar-refractivity contribution in [2.45, 2.75) is 26.7 Å². The maximum Gasteiger partial charge on any atom is 0.337 e. The Hall–Kier alpha value is -2.56. The van der Waals surface area contributed by atoms with Gasteiger partial charge in [-0.1, -0.05) is 26.0 Å². The SMILES string of the molecule is Cc1ccc(C(C)C)cc1Oc1ncc(C(=O)O)cc1N. The Morgan fingerprint density at radius 1 is 1.33 bits per heavy atom. The number of hydrogen-bond donors (Lipinski definition) is 2. The van der Waals surface area contributed by atoms with Crippen LogP contribution in [-0.4, -0.2) is 16.1 Å². The van der Waals surface area contributed by atoms with E-state index in [1.807, 2.05) is 19.1 Å². The quantitative estimate of drug-likeness (QED) is 0.897. The highest BCUT2D eigenvalue weighted by atomic mass is 16.5. The molecule has 1 aromatic carbocycles. The predicted octanol–water partition coefficient (Wildman–Crippen LogP) is 3.59. The molecule has 110 valence electrons. The van der Waals surface area contributed by atoms with Crippen LogP contribution < -0.4 is 10.5 Å². The van der Waals surface area contributed by atoms with E-state index < -0.39 is 5.97 Å². The number of nitrogen functional groups attached to an aromatic ring is 1. The lowest BCUT2D eigenvalue weighted by molar-refractivity contribution is 0.0696. The summed E-state index contributed by atoms with van der Waals surface area (Å²) in [5, 5.41) is 8.90. The van der Waals surface area contributed by atoms with Crippen LogP contribution in [0.1, 0.15) is 41.3 Å². The van der Waals surface area contributed by atoms with Crippen molar-refractivity contribution in [1.82, 2.24) is 4.98 Å². The normalized spacial score (nSPS) is 10.7. The average molecular weight is 286 g/mol. The highest BCUT2D eigenvalue weighted by Gasteiger charge is 2.11. The number of carboxylic acids is 1. The number of anilines is 1. The second-order valence-electron chi connectivity index (χ2n) is 5.21. The summed E-state index contributed by atoms with van der Waals surface area (Å²) < 4.78 is 5.74. The van der Waals surface area contributed by atoms with Crippen LogP contribution in [0.3, 0.4) is 0 Å². The highest BCUT2D eigenvalue weighted by molar-refractivity contribution is 5.88. The van der Waals surface area contributed by atoms with Crippen molar-refractivity contribution < 1.29 is 14.6 Å². The first-order valence-electron chi connectivity index (χ1n) is 6.65. The first-order chi connectivity index (χ1) is 9.88. The van der Waals surface area contributed by atoms with Crippen LogP contribution in [0.15, 0.2) is 30.5 Å². The number of aromatic nitrogens is 1. The number of hydrogen-bond acceptors (Lipinski definition) is 4. The lowest BCUT2D eigenvalue weighted by atomic mass is 10.0. The van der Waals surface area contributed by atoms with Crippen LogP contribution in [0.4, 0.5) is 5.69 Å². The molecule has 0 spiro atoms. The van der Waals surface area contributed by atoms with Crippen LogP contribution in [-0.2, 0) is 0 Å². The van der Waals surface area contributed by atoms with E-state index in [1.54, 1.807) is 0 Å². The van der Waals surface area contributed by atoms with Gasteiger partial charge in [0.2, 0.25) is 5.88 Å². The summed E-state index contributed by atoms with van der Waals surface area (Å²) in [5.74, 6) is 0.193. The number of ether oxygens (including phenoxy) is 1. The van der Waals surface area contributed by atoms with Gasteiger partial charge in [-0.3, -0.25) is 0 Å². The second-order valence-corrected chi connectivity index (χ2v) is 5.21. The molecule has 2 rings (SSSR count). The predicted molar refractivity (Wildman–Crippen MR) is 81.0 cm³/mol. The maximum absolute atomic E-state index is 10.9. The summed E-state index contributed by atoms with van der Waals surface area (Å²) in [7, 11) is 0. The molecule has 0 saturated heterocycles. The molecule has 0 bridgehead atoms. The topological polar surface area (TPSA) is 85.4 Å². The van der Waals surface area contributed by atoms with Gasteiger partial charge in [0, 0.05) is 6.20 Å². The van der Waals surface area contributed by atoms with E-state index in [1.165, 1.54) is 12.3 Å². The summed E-state index contributed by atoms with van der Waals surface area (Å²) in [6.45, 7) is 6.13. The molecule has 0 aliphatic carbocycles. The number of rotatable bonds is 4. The Kier molecular flexibility index (Phi) is 4.12. The molecular weight excluding hydrogens is 268 g/mol. The van der Waals surface area contributed by atoms with E-state index in [9.17, 15) is 4.79 Å². The van der Waals surface area contributed by atoms with Crippen molar-refractivity contribution >= 4 is 11.7 Å². The van der Waals surface area contributed by atoms with E-state index in [-0.39, 0.29) is 17.1 Å². The third-order valence-electron chi connectivity index (χ3n) is 3.21. The number of carboxylic acid groups (broad SMARTS) is 1. The number of benzene rings is 1. The van der Waals surface area contributed by atoms with Gasteiger partial charge >= 0.3 is 5.97 Å². The number of aromatic carboxylic acids is 1. The summed E-state index contributed by atoms with van der Waals surface area (Å²) in [4.78, 5) is 14.8. The van der Waals surface area contributed by atoms with Crippen molar-refractivity contribution in [3.63, 3.8) is 0 Å².